The summed E-state index contributed by atoms with van der Waals surface area (Å²) >= 11 is 0. The molecular weight excluding hydrogens is 463 g/mol. The van der Waals surface area contributed by atoms with Gasteiger partial charge in [0, 0.05) is 52.3 Å². The van der Waals surface area contributed by atoms with Crippen molar-refractivity contribution in [3.8, 4) is 0 Å². The molecule has 1 aromatic carbocycles. The van der Waals surface area contributed by atoms with E-state index in [0.717, 1.165) is 45.2 Å². The van der Waals surface area contributed by atoms with Gasteiger partial charge in [0.1, 0.15) is 0 Å². The Bertz CT molecular complexity index is 601. The van der Waals surface area contributed by atoms with Crippen LogP contribution in [-0.2, 0) is 17.8 Å². The van der Waals surface area contributed by atoms with Crippen molar-refractivity contribution in [2.45, 2.75) is 51.7 Å². The molecule has 2 aliphatic rings. The van der Waals surface area contributed by atoms with Gasteiger partial charge in [-0.2, -0.15) is 0 Å². The van der Waals surface area contributed by atoms with Gasteiger partial charge in [-0.1, -0.05) is 30.7 Å². The first-order valence-electron chi connectivity index (χ1n) is 10.5. The summed E-state index contributed by atoms with van der Waals surface area (Å²) in [5.74, 6) is 1.57. The summed E-state index contributed by atoms with van der Waals surface area (Å²) in [4.78, 5) is 9.26. The number of guanidine groups is 1. The first-order chi connectivity index (χ1) is 13.2. The summed E-state index contributed by atoms with van der Waals surface area (Å²) in [6, 6.07) is 9.76. The first-order valence-corrected chi connectivity index (χ1v) is 10.5. The van der Waals surface area contributed by atoms with Crippen molar-refractivity contribution >= 4 is 29.9 Å². The molecule has 3 rings (SSSR count). The topological polar surface area (TPSA) is 40.1 Å². The molecule has 2 heterocycles. The van der Waals surface area contributed by atoms with E-state index in [2.05, 4.69) is 58.3 Å². The Balaban J connectivity index is 0.00000280. The molecule has 2 saturated heterocycles. The van der Waals surface area contributed by atoms with E-state index in [9.17, 15) is 0 Å². The number of rotatable bonds is 6. The molecule has 28 heavy (non-hydrogen) atoms. The highest BCUT2D eigenvalue weighted by atomic mass is 127. The Labute approximate surface area is 187 Å². The minimum Gasteiger partial charge on any atom is -0.381 e. The van der Waals surface area contributed by atoms with Crippen LogP contribution in [0.3, 0.4) is 0 Å². The molecule has 2 atom stereocenters. The maximum absolute atomic E-state index is 5.48. The van der Waals surface area contributed by atoms with Gasteiger partial charge in [-0.15, -0.1) is 24.0 Å². The van der Waals surface area contributed by atoms with E-state index in [1.54, 1.807) is 0 Å². The van der Waals surface area contributed by atoms with Crippen LogP contribution < -0.4 is 5.32 Å². The summed E-state index contributed by atoms with van der Waals surface area (Å²) in [5, 5.41) is 3.49. The summed E-state index contributed by atoms with van der Waals surface area (Å²) in [5.41, 5.74) is 2.71. The van der Waals surface area contributed by atoms with E-state index in [1.807, 2.05) is 7.05 Å². The largest absolute Gasteiger partial charge is 0.381 e. The molecule has 0 saturated carbocycles. The fourth-order valence-corrected chi connectivity index (χ4v) is 4.16. The molecule has 2 aliphatic heterocycles. The molecule has 0 aromatic heterocycles. The van der Waals surface area contributed by atoms with Crippen LogP contribution >= 0.6 is 24.0 Å². The highest BCUT2D eigenvalue weighted by Crippen LogP contribution is 2.19. The Morgan fingerprint density at radius 1 is 1.21 bits per heavy atom. The zero-order valence-electron chi connectivity index (χ0n) is 17.7. The number of aliphatic imine (C=N–C) groups is 1. The molecule has 2 fully saturated rings. The second-order valence-electron chi connectivity index (χ2n) is 8.14. The number of likely N-dealkylation sites (tertiary alicyclic amines) is 1. The zero-order valence-corrected chi connectivity index (χ0v) is 20.0. The molecule has 1 aromatic rings. The number of halogens is 1. The van der Waals surface area contributed by atoms with Crippen molar-refractivity contribution in [3.05, 3.63) is 35.4 Å². The van der Waals surface area contributed by atoms with Gasteiger partial charge in [0.25, 0.3) is 0 Å². The summed E-state index contributed by atoms with van der Waals surface area (Å²) < 4.78 is 5.48. The second kappa shape index (κ2) is 12.0. The maximum Gasteiger partial charge on any atom is 0.193 e. The van der Waals surface area contributed by atoms with Crippen molar-refractivity contribution in [2.75, 3.05) is 40.4 Å². The summed E-state index contributed by atoms with van der Waals surface area (Å²) in [6.45, 7) is 8.23. The van der Waals surface area contributed by atoms with Crippen LogP contribution in [0.1, 0.15) is 43.7 Å². The Morgan fingerprint density at radius 2 is 1.96 bits per heavy atom. The van der Waals surface area contributed by atoms with Crippen LogP contribution in [0.25, 0.3) is 0 Å². The molecule has 6 heteroatoms. The fourth-order valence-electron chi connectivity index (χ4n) is 4.16. The molecule has 5 nitrogen and oxygen atoms in total. The summed E-state index contributed by atoms with van der Waals surface area (Å²) in [7, 11) is 3.96. The normalized spacial score (nSPS) is 23.3. The lowest BCUT2D eigenvalue weighted by molar-refractivity contribution is 0.152. The molecule has 158 valence electrons. The number of nitrogens with zero attached hydrogens (tertiary/aromatic N) is 3. The van der Waals surface area contributed by atoms with Crippen LogP contribution in [0.4, 0.5) is 0 Å². The third-order valence-electron chi connectivity index (χ3n) is 5.93. The van der Waals surface area contributed by atoms with Crippen LogP contribution in [0.15, 0.2) is 29.3 Å². The van der Waals surface area contributed by atoms with Crippen molar-refractivity contribution in [1.82, 2.24) is 15.1 Å². The Hall–Kier alpha value is -0.860. The number of hydrogen-bond acceptors (Lipinski definition) is 3. The first kappa shape index (κ1) is 23.4. The third kappa shape index (κ3) is 6.88. The molecule has 1 N–H and O–H groups in total. The van der Waals surface area contributed by atoms with Crippen molar-refractivity contribution in [2.24, 2.45) is 10.9 Å². The fraction of sp³-hybridized carbons (Fsp3) is 0.682. The van der Waals surface area contributed by atoms with Gasteiger partial charge in [-0.05, 0) is 43.9 Å². The van der Waals surface area contributed by atoms with Crippen molar-refractivity contribution in [1.29, 1.82) is 0 Å². The van der Waals surface area contributed by atoms with E-state index in [-0.39, 0.29) is 24.0 Å². The lowest BCUT2D eigenvalue weighted by Crippen LogP contribution is -2.41. The van der Waals surface area contributed by atoms with Crippen LogP contribution in [0, 0.1) is 5.92 Å². The van der Waals surface area contributed by atoms with E-state index in [4.69, 9.17) is 4.74 Å². The zero-order chi connectivity index (χ0) is 19.1. The maximum atomic E-state index is 5.48. The number of nitrogens with one attached hydrogen (secondary N) is 1. The number of hydrogen-bond donors (Lipinski definition) is 1. The number of ether oxygens (including phenoxy) is 1. The predicted octanol–water partition coefficient (Wildman–Crippen LogP) is 3.72. The third-order valence-corrected chi connectivity index (χ3v) is 5.93. The summed E-state index contributed by atoms with van der Waals surface area (Å²) in [6.07, 6.45) is 5.21. The van der Waals surface area contributed by atoms with Gasteiger partial charge in [0.2, 0.25) is 0 Å². The number of piperidine rings is 1. The minimum atomic E-state index is 0. The molecular formula is C22H37IN4O. The van der Waals surface area contributed by atoms with Gasteiger partial charge in [-0.25, -0.2) is 0 Å². The lowest BCUT2D eigenvalue weighted by Gasteiger charge is -2.33. The highest BCUT2D eigenvalue weighted by molar-refractivity contribution is 14.0. The average Bonchev–Trinajstić information content (AvgIpc) is 3.18. The SMILES string of the molecule is CN=C(NCc1ccc(CN2CCCCC2C)cc1)N(C)CC1CCOC1.I. The predicted molar refractivity (Wildman–Crippen MR) is 127 cm³/mol. The standard InChI is InChI=1S/C22H36N4O.HI/c1-18-6-4-5-12-26(18)16-20-9-7-19(8-10-20)14-24-22(23-2)25(3)15-21-11-13-27-17-21;/h7-10,18,21H,4-6,11-17H2,1-3H3,(H,23,24);1H. The van der Waals surface area contributed by atoms with Crippen LogP contribution in [0.5, 0.6) is 0 Å². The van der Waals surface area contributed by atoms with Gasteiger partial charge in [0.05, 0.1) is 6.61 Å². The molecule has 0 spiro atoms. The molecule has 0 bridgehead atoms. The molecule has 0 aliphatic carbocycles. The van der Waals surface area contributed by atoms with Crippen molar-refractivity contribution in [3.63, 3.8) is 0 Å². The lowest BCUT2D eigenvalue weighted by atomic mass is 10.0. The average molecular weight is 500 g/mol. The Kier molecular flexibility index (Phi) is 10.0. The smallest absolute Gasteiger partial charge is 0.193 e. The quantitative estimate of drug-likeness (QED) is 0.367. The minimum absolute atomic E-state index is 0. The second-order valence-corrected chi connectivity index (χ2v) is 8.14. The van der Waals surface area contributed by atoms with Crippen LogP contribution in [-0.4, -0.2) is 62.2 Å². The van der Waals surface area contributed by atoms with E-state index in [0.29, 0.717) is 12.0 Å². The van der Waals surface area contributed by atoms with Crippen LogP contribution in [0.2, 0.25) is 0 Å². The van der Waals surface area contributed by atoms with E-state index < -0.39 is 0 Å². The van der Waals surface area contributed by atoms with Gasteiger partial charge < -0.3 is 15.0 Å². The van der Waals surface area contributed by atoms with Gasteiger partial charge >= 0.3 is 0 Å². The highest BCUT2D eigenvalue weighted by Gasteiger charge is 2.19. The Morgan fingerprint density at radius 3 is 2.61 bits per heavy atom. The van der Waals surface area contributed by atoms with Gasteiger partial charge in [0.15, 0.2) is 5.96 Å². The monoisotopic (exact) mass is 500 g/mol. The van der Waals surface area contributed by atoms with E-state index >= 15 is 0 Å². The van der Waals surface area contributed by atoms with E-state index in [1.165, 1.54) is 36.9 Å². The van der Waals surface area contributed by atoms with Crippen molar-refractivity contribution < 1.29 is 4.74 Å². The molecule has 0 radical (unpaired) electrons. The number of benzene rings is 1. The molecule has 0 amide bonds. The van der Waals surface area contributed by atoms with Gasteiger partial charge in [-0.3, -0.25) is 9.89 Å². The molecule has 2 unspecified atom stereocenters.